The molecular formula is C35H37N7O7. The van der Waals surface area contributed by atoms with E-state index in [4.69, 9.17) is 5.73 Å². The zero-order valence-corrected chi connectivity index (χ0v) is 26.3. The molecule has 49 heavy (non-hydrogen) atoms. The number of phenolic OH excluding ortho intramolecular Hbond substituents is 2. The lowest BCUT2D eigenvalue weighted by atomic mass is 10.0. The lowest BCUT2D eigenvalue weighted by Crippen LogP contribution is -2.58. The number of carboxylic acid groups (broad SMARTS) is 1. The van der Waals surface area contributed by atoms with E-state index in [9.17, 15) is 34.5 Å². The molecule has 0 saturated heterocycles. The summed E-state index contributed by atoms with van der Waals surface area (Å²) in [6.45, 7) is 0. The predicted octanol–water partition coefficient (Wildman–Crippen LogP) is 1.44. The van der Waals surface area contributed by atoms with Crippen LogP contribution in [-0.4, -0.2) is 78.1 Å². The molecule has 4 unspecified atom stereocenters. The number of aromatic hydroxyl groups is 2. The number of carbonyl (C=O) groups excluding carboxylic acids is 3. The Morgan fingerprint density at radius 1 is 0.694 bits per heavy atom. The van der Waals surface area contributed by atoms with Crippen molar-refractivity contribution < 1.29 is 34.5 Å². The number of hydrogen-bond donors (Lipinski definition) is 9. The Kier molecular flexibility index (Phi) is 10.9. The zero-order valence-electron chi connectivity index (χ0n) is 26.3. The van der Waals surface area contributed by atoms with E-state index in [1.165, 1.54) is 36.8 Å². The van der Waals surface area contributed by atoms with Crippen LogP contribution in [0.4, 0.5) is 0 Å². The van der Waals surface area contributed by atoms with E-state index in [-0.39, 0.29) is 37.2 Å². The summed E-state index contributed by atoms with van der Waals surface area (Å²) in [4.78, 5) is 63.1. The second-order valence-electron chi connectivity index (χ2n) is 11.7. The minimum Gasteiger partial charge on any atom is -0.508 e. The number of imidazole rings is 1. The number of H-pyrrole nitrogens is 2. The van der Waals surface area contributed by atoms with Crippen molar-refractivity contribution in [3.8, 4) is 11.5 Å². The first-order chi connectivity index (χ1) is 23.5. The van der Waals surface area contributed by atoms with Crippen LogP contribution in [0.15, 0.2) is 91.5 Å². The van der Waals surface area contributed by atoms with Gasteiger partial charge in [0.1, 0.15) is 29.6 Å². The monoisotopic (exact) mass is 667 g/mol. The molecule has 3 amide bonds. The number of carbonyl (C=O) groups is 4. The van der Waals surface area contributed by atoms with E-state index in [2.05, 4.69) is 30.9 Å². The zero-order chi connectivity index (χ0) is 34.9. The second-order valence-corrected chi connectivity index (χ2v) is 11.7. The van der Waals surface area contributed by atoms with Gasteiger partial charge in [0.15, 0.2) is 0 Å². The summed E-state index contributed by atoms with van der Waals surface area (Å²) in [6.07, 6.45) is 4.60. The maximum Gasteiger partial charge on any atom is 0.326 e. The molecule has 0 aliphatic heterocycles. The number of fused-ring (bicyclic) bond motifs is 1. The molecule has 3 aromatic carbocycles. The third-order valence-corrected chi connectivity index (χ3v) is 8.06. The van der Waals surface area contributed by atoms with Crippen molar-refractivity contribution in [1.82, 2.24) is 30.9 Å². The van der Waals surface area contributed by atoms with Crippen molar-refractivity contribution in [2.24, 2.45) is 5.73 Å². The maximum atomic E-state index is 14.0. The molecule has 5 aromatic rings. The molecule has 0 aliphatic rings. The van der Waals surface area contributed by atoms with Gasteiger partial charge in [0.05, 0.1) is 12.4 Å². The van der Waals surface area contributed by atoms with Gasteiger partial charge in [-0.1, -0.05) is 42.5 Å². The van der Waals surface area contributed by atoms with Gasteiger partial charge >= 0.3 is 5.97 Å². The quantitative estimate of drug-likeness (QED) is 0.0784. The largest absolute Gasteiger partial charge is 0.508 e. The maximum absolute atomic E-state index is 14.0. The van der Waals surface area contributed by atoms with E-state index in [0.29, 0.717) is 22.4 Å². The molecule has 2 heterocycles. The normalized spacial score (nSPS) is 13.6. The number of benzene rings is 3. The van der Waals surface area contributed by atoms with Crippen LogP contribution in [0.5, 0.6) is 11.5 Å². The van der Waals surface area contributed by atoms with Crippen LogP contribution in [0.25, 0.3) is 10.9 Å². The molecule has 0 bridgehead atoms. The molecule has 254 valence electrons. The average molecular weight is 668 g/mol. The van der Waals surface area contributed by atoms with Crippen LogP contribution in [0.1, 0.15) is 22.4 Å². The summed E-state index contributed by atoms with van der Waals surface area (Å²) in [6, 6.07) is 14.9. The van der Waals surface area contributed by atoms with Crippen molar-refractivity contribution in [2.45, 2.75) is 49.9 Å². The number of hydrogen-bond acceptors (Lipinski definition) is 8. The standard InChI is InChI=1S/C35H37N7O7/c36-27(13-20-5-9-24(43)10-6-20)32(45)40-29(14-21-7-11-25(44)12-8-21)33(46)41-30(15-22-17-38-28-4-2-1-3-26(22)28)34(47)42-31(35(48)49)16-23-18-37-19-39-23/h1-12,17-19,27,29-31,38,43-44H,13-16,36H2,(H,37,39)(H,40,45)(H,41,46)(H,42,47)(H,48,49). The van der Waals surface area contributed by atoms with E-state index in [0.717, 1.165) is 10.9 Å². The van der Waals surface area contributed by atoms with Crippen LogP contribution in [0, 0.1) is 0 Å². The highest BCUT2D eigenvalue weighted by Crippen LogP contribution is 2.20. The third kappa shape index (κ3) is 9.23. The van der Waals surface area contributed by atoms with Gasteiger partial charge in [0, 0.05) is 48.3 Å². The van der Waals surface area contributed by atoms with E-state index in [1.807, 2.05) is 24.3 Å². The molecule has 14 nitrogen and oxygen atoms in total. The number of rotatable bonds is 15. The summed E-state index contributed by atoms with van der Waals surface area (Å²) in [5, 5.41) is 38.0. The Hall–Kier alpha value is -6.15. The fourth-order valence-electron chi connectivity index (χ4n) is 5.43. The van der Waals surface area contributed by atoms with Crippen LogP contribution in [-0.2, 0) is 44.9 Å². The van der Waals surface area contributed by atoms with Gasteiger partial charge in [0.2, 0.25) is 17.7 Å². The van der Waals surface area contributed by atoms with Crippen LogP contribution < -0.4 is 21.7 Å². The minimum absolute atomic E-state index is 0.00176. The van der Waals surface area contributed by atoms with Crippen molar-refractivity contribution in [1.29, 1.82) is 0 Å². The SMILES string of the molecule is NC(Cc1ccc(O)cc1)C(=O)NC(Cc1ccc(O)cc1)C(=O)NC(Cc1c[nH]c2ccccc12)C(=O)NC(Cc1cnc[nH]1)C(=O)O. The Labute approximate surface area is 280 Å². The van der Waals surface area contributed by atoms with Gasteiger partial charge in [-0.15, -0.1) is 0 Å². The number of nitrogens with one attached hydrogen (secondary N) is 5. The fraction of sp³-hybridized carbons (Fsp3) is 0.229. The molecule has 0 saturated carbocycles. The highest BCUT2D eigenvalue weighted by molar-refractivity contribution is 5.95. The Balaban J connectivity index is 1.39. The van der Waals surface area contributed by atoms with Gasteiger partial charge in [0.25, 0.3) is 0 Å². The Morgan fingerprint density at radius 3 is 1.88 bits per heavy atom. The number of carboxylic acids is 1. The van der Waals surface area contributed by atoms with Gasteiger partial charge in [-0.25, -0.2) is 9.78 Å². The number of aromatic amines is 2. The molecule has 2 aromatic heterocycles. The summed E-state index contributed by atoms with van der Waals surface area (Å²) in [7, 11) is 0. The summed E-state index contributed by atoms with van der Waals surface area (Å²) >= 11 is 0. The van der Waals surface area contributed by atoms with E-state index in [1.54, 1.807) is 30.5 Å². The smallest absolute Gasteiger partial charge is 0.326 e. The lowest BCUT2D eigenvalue weighted by molar-refractivity contribution is -0.142. The highest BCUT2D eigenvalue weighted by Gasteiger charge is 2.31. The Bertz CT molecular complexity index is 1890. The number of aliphatic carboxylic acids is 1. The predicted molar refractivity (Wildman–Crippen MR) is 179 cm³/mol. The molecule has 0 aliphatic carbocycles. The van der Waals surface area contributed by atoms with Crippen molar-refractivity contribution in [3.05, 3.63) is 114 Å². The number of phenols is 2. The van der Waals surface area contributed by atoms with Gasteiger partial charge < -0.3 is 47.0 Å². The van der Waals surface area contributed by atoms with Gasteiger partial charge in [-0.05, 0) is 53.4 Å². The molecule has 0 fully saturated rings. The molecular weight excluding hydrogens is 630 g/mol. The number of aromatic nitrogens is 3. The lowest BCUT2D eigenvalue weighted by Gasteiger charge is -2.25. The average Bonchev–Trinajstić information content (AvgIpc) is 3.75. The minimum atomic E-state index is -1.33. The topological polar surface area (TPSA) is 236 Å². The molecule has 0 spiro atoms. The molecule has 10 N–H and O–H groups in total. The summed E-state index contributed by atoms with van der Waals surface area (Å²) in [5.74, 6) is -3.28. The molecule has 4 atom stereocenters. The van der Waals surface area contributed by atoms with Gasteiger partial charge in [-0.2, -0.15) is 0 Å². The highest BCUT2D eigenvalue weighted by atomic mass is 16.4. The van der Waals surface area contributed by atoms with Gasteiger partial charge in [-0.3, -0.25) is 14.4 Å². The fourth-order valence-corrected chi connectivity index (χ4v) is 5.43. The summed E-state index contributed by atoms with van der Waals surface area (Å²) < 4.78 is 0. The van der Waals surface area contributed by atoms with Crippen molar-refractivity contribution >= 4 is 34.6 Å². The number of amides is 3. The summed E-state index contributed by atoms with van der Waals surface area (Å²) in [5.41, 5.74) is 9.51. The van der Waals surface area contributed by atoms with Crippen LogP contribution in [0.3, 0.4) is 0 Å². The molecule has 14 heteroatoms. The van der Waals surface area contributed by atoms with Crippen molar-refractivity contribution in [2.75, 3.05) is 0 Å². The third-order valence-electron chi connectivity index (χ3n) is 8.06. The van der Waals surface area contributed by atoms with E-state index < -0.39 is 47.9 Å². The Morgan fingerprint density at radius 2 is 1.27 bits per heavy atom. The first-order valence-electron chi connectivity index (χ1n) is 15.5. The van der Waals surface area contributed by atoms with Crippen molar-refractivity contribution in [3.63, 3.8) is 0 Å². The number of nitrogens with zero attached hydrogens (tertiary/aromatic N) is 1. The number of para-hydroxylation sites is 1. The molecule has 5 rings (SSSR count). The molecule has 0 radical (unpaired) electrons. The van der Waals surface area contributed by atoms with E-state index >= 15 is 0 Å². The van der Waals surface area contributed by atoms with Crippen LogP contribution >= 0.6 is 0 Å². The first kappa shape index (κ1) is 34.2. The second kappa shape index (κ2) is 15.6. The first-order valence-corrected chi connectivity index (χ1v) is 15.5. The number of nitrogens with two attached hydrogens (primary N) is 1. The van der Waals surface area contributed by atoms with Crippen LogP contribution in [0.2, 0.25) is 0 Å².